The molecule has 5 nitrogen and oxygen atoms in total. The molecule has 0 spiro atoms. The average Bonchev–Trinajstić information content (AvgIpc) is 2.74. The predicted molar refractivity (Wildman–Crippen MR) is 121 cm³/mol. The van der Waals surface area contributed by atoms with Crippen LogP contribution in [0.15, 0.2) is 48.5 Å². The van der Waals surface area contributed by atoms with Gasteiger partial charge >= 0.3 is 0 Å². The van der Waals surface area contributed by atoms with Crippen LogP contribution in [0.3, 0.4) is 0 Å². The molecule has 0 aliphatic heterocycles. The summed E-state index contributed by atoms with van der Waals surface area (Å²) in [6.45, 7) is 5.81. The zero-order valence-corrected chi connectivity index (χ0v) is 19.0. The van der Waals surface area contributed by atoms with Crippen LogP contribution in [0, 0.1) is 0 Å². The van der Waals surface area contributed by atoms with Crippen LogP contribution in [0.1, 0.15) is 39.2 Å². The van der Waals surface area contributed by atoms with Crippen molar-refractivity contribution in [1.82, 2.24) is 10.2 Å². The maximum absolute atomic E-state index is 13.1. The largest absolute Gasteiger partial charge is 0.484 e. The molecule has 0 bridgehead atoms. The molecule has 0 saturated carbocycles. The Hall–Kier alpha value is -2.24. The van der Waals surface area contributed by atoms with Crippen molar-refractivity contribution in [3.8, 4) is 5.75 Å². The number of carbonyl (C=O) groups excluding carboxylic acids is 2. The highest BCUT2D eigenvalue weighted by molar-refractivity contribution is 6.35. The summed E-state index contributed by atoms with van der Waals surface area (Å²) in [5.41, 5.74) is 0.712. The topological polar surface area (TPSA) is 58.6 Å². The molecule has 0 unspecified atom stereocenters. The van der Waals surface area contributed by atoms with Crippen LogP contribution in [0.5, 0.6) is 5.75 Å². The van der Waals surface area contributed by atoms with Gasteiger partial charge in [-0.05, 0) is 49.6 Å². The van der Waals surface area contributed by atoms with Crippen LogP contribution in [0.4, 0.5) is 0 Å². The minimum absolute atomic E-state index is 0.0168. The molecule has 0 radical (unpaired) electrons. The van der Waals surface area contributed by atoms with Gasteiger partial charge in [-0.25, -0.2) is 0 Å². The lowest BCUT2D eigenvalue weighted by Gasteiger charge is -2.31. The minimum Gasteiger partial charge on any atom is -0.484 e. The summed E-state index contributed by atoms with van der Waals surface area (Å²) in [5.74, 6) is 0.105. The molecule has 30 heavy (non-hydrogen) atoms. The standard InChI is InChI=1S/C23H28Cl2N2O3/c1-4-16(3)26-23(29)21(5-2)27(14-17-11-12-18(24)13-20(17)25)22(28)15-30-19-9-7-6-8-10-19/h6-13,16,21H,4-5,14-15H2,1-3H3,(H,26,29)/t16-,21-/m1/s1. The minimum atomic E-state index is -0.641. The third-order valence-corrected chi connectivity index (χ3v) is 5.44. The number of nitrogens with zero attached hydrogens (tertiary/aromatic N) is 1. The Bertz CT molecular complexity index is 846. The molecule has 2 aromatic carbocycles. The normalized spacial score (nSPS) is 12.7. The van der Waals surface area contributed by atoms with Gasteiger partial charge in [0, 0.05) is 22.6 Å². The van der Waals surface area contributed by atoms with Crippen molar-refractivity contribution >= 4 is 35.0 Å². The average molecular weight is 451 g/mol. The molecule has 162 valence electrons. The summed E-state index contributed by atoms with van der Waals surface area (Å²) in [7, 11) is 0. The third kappa shape index (κ3) is 6.92. The van der Waals surface area contributed by atoms with E-state index in [2.05, 4.69) is 5.32 Å². The number of para-hydroxylation sites is 1. The third-order valence-electron chi connectivity index (χ3n) is 4.85. The zero-order chi connectivity index (χ0) is 22.1. The van der Waals surface area contributed by atoms with Crippen molar-refractivity contribution in [3.05, 3.63) is 64.1 Å². The van der Waals surface area contributed by atoms with Crippen LogP contribution in [0.25, 0.3) is 0 Å². The first kappa shape index (κ1) is 24.0. The van der Waals surface area contributed by atoms with Crippen LogP contribution in [-0.2, 0) is 16.1 Å². The summed E-state index contributed by atoms with van der Waals surface area (Å²) < 4.78 is 5.64. The lowest BCUT2D eigenvalue weighted by Crippen LogP contribution is -2.51. The highest BCUT2D eigenvalue weighted by Crippen LogP contribution is 2.24. The number of hydrogen-bond acceptors (Lipinski definition) is 3. The van der Waals surface area contributed by atoms with Gasteiger partial charge in [0.1, 0.15) is 11.8 Å². The van der Waals surface area contributed by atoms with Gasteiger partial charge in [-0.15, -0.1) is 0 Å². The Morgan fingerprint density at radius 3 is 2.37 bits per heavy atom. The number of rotatable bonds is 10. The van der Waals surface area contributed by atoms with Crippen molar-refractivity contribution in [2.45, 2.75) is 52.2 Å². The van der Waals surface area contributed by atoms with Gasteiger partial charge in [0.25, 0.3) is 5.91 Å². The summed E-state index contributed by atoms with van der Waals surface area (Å²) in [5, 5.41) is 3.93. The molecular weight excluding hydrogens is 423 g/mol. The SMILES string of the molecule is CC[C@@H](C)NC(=O)[C@@H](CC)N(Cc1ccc(Cl)cc1Cl)C(=O)COc1ccccc1. The molecule has 2 amide bonds. The maximum atomic E-state index is 13.1. The van der Waals surface area contributed by atoms with Crippen molar-refractivity contribution in [1.29, 1.82) is 0 Å². The zero-order valence-electron chi connectivity index (χ0n) is 17.5. The quantitative estimate of drug-likeness (QED) is 0.547. The number of hydrogen-bond donors (Lipinski definition) is 1. The molecular formula is C23H28Cl2N2O3. The van der Waals surface area contributed by atoms with E-state index < -0.39 is 6.04 Å². The van der Waals surface area contributed by atoms with Crippen LogP contribution in [0.2, 0.25) is 10.0 Å². The Kier molecular flexibility index (Phi) is 9.47. The Balaban J connectivity index is 2.24. The van der Waals surface area contributed by atoms with E-state index in [0.29, 0.717) is 27.8 Å². The number of amides is 2. The molecule has 0 aromatic heterocycles. The monoisotopic (exact) mass is 450 g/mol. The lowest BCUT2D eigenvalue weighted by molar-refractivity contribution is -0.143. The Morgan fingerprint density at radius 1 is 1.07 bits per heavy atom. The summed E-state index contributed by atoms with van der Waals surface area (Å²) >= 11 is 12.3. The first-order valence-electron chi connectivity index (χ1n) is 10.1. The van der Waals surface area contributed by atoms with Crippen LogP contribution < -0.4 is 10.1 Å². The van der Waals surface area contributed by atoms with Crippen molar-refractivity contribution in [2.24, 2.45) is 0 Å². The molecule has 0 heterocycles. The van der Waals surface area contributed by atoms with E-state index in [1.54, 1.807) is 30.3 Å². The molecule has 0 saturated heterocycles. The first-order valence-corrected chi connectivity index (χ1v) is 10.8. The van der Waals surface area contributed by atoms with Crippen molar-refractivity contribution < 1.29 is 14.3 Å². The fraction of sp³-hybridized carbons (Fsp3) is 0.391. The smallest absolute Gasteiger partial charge is 0.261 e. The molecule has 7 heteroatoms. The van der Waals surface area contributed by atoms with E-state index in [9.17, 15) is 9.59 Å². The number of nitrogens with one attached hydrogen (secondary N) is 1. The van der Waals surface area contributed by atoms with Gasteiger partial charge in [-0.1, -0.05) is 61.3 Å². The first-order chi connectivity index (χ1) is 14.3. The number of carbonyl (C=O) groups is 2. The van der Waals surface area contributed by atoms with E-state index in [0.717, 1.165) is 6.42 Å². The van der Waals surface area contributed by atoms with Gasteiger partial charge in [0.05, 0.1) is 0 Å². The van der Waals surface area contributed by atoms with Gasteiger partial charge in [-0.2, -0.15) is 0 Å². The van der Waals surface area contributed by atoms with Gasteiger partial charge < -0.3 is 15.0 Å². The van der Waals surface area contributed by atoms with E-state index in [1.807, 2.05) is 39.0 Å². The maximum Gasteiger partial charge on any atom is 0.261 e. The highest BCUT2D eigenvalue weighted by atomic mass is 35.5. The van der Waals surface area contributed by atoms with E-state index >= 15 is 0 Å². The highest BCUT2D eigenvalue weighted by Gasteiger charge is 2.30. The van der Waals surface area contributed by atoms with Gasteiger partial charge in [0.15, 0.2) is 6.61 Å². The van der Waals surface area contributed by atoms with Gasteiger partial charge in [-0.3, -0.25) is 9.59 Å². The van der Waals surface area contributed by atoms with E-state index in [4.69, 9.17) is 27.9 Å². The number of halogens is 2. The molecule has 0 aliphatic rings. The number of benzene rings is 2. The second-order valence-corrected chi connectivity index (χ2v) is 7.94. The summed E-state index contributed by atoms with van der Waals surface area (Å²) in [6.07, 6.45) is 1.26. The fourth-order valence-corrected chi connectivity index (χ4v) is 3.41. The van der Waals surface area contributed by atoms with Crippen molar-refractivity contribution in [3.63, 3.8) is 0 Å². The summed E-state index contributed by atoms with van der Waals surface area (Å²) in [4.78, 5) is 27.5. The fourth-order valence-electron chi connectivity index (χ4n) is 2.94. The Morgan fingerprint density at radius 2 is 1.77 bits per heavy atom. The van der Waals surface area contributed by atoms with Crippen molar-refractivity contribution in [2.75, 3.05) is 6.61 Å². The molecule has 0 fully saturated rings. The van der Waals surface area contributed by atoms with E-state index in [-0.39, 0.29) is 31.0 Å². The molecule has 0 aliphatic carbocycles. The summed E-state index contributed by atoms with van der Waals surface area (Å²) in [6, 6.07) is 13.6. The molecule has 2 aromatic rings. The predicted octanol–water partition coefficient (Wildman–Crippen LogP) is 5.09. The van der Waals surface area contributed by atoms with E-state index in [1.165, 1.54) is 4.90 Å². The second kappa shape index (κ2) is 11.8. The molecule has 1 N–H and O–H groups in total. The molecule has 2 atom stereocenters. The van der Waals surface area contributed by atoms with Crippen LogP contribution >= 0.6 is 23.2 Å². The lowest BCUT2D eigenvalue weighted by atomic mass is 10.1. The number of ether oxygens (including phenoxy) is 1. The second-order valence-electron chi connectivity index (χ2n) is 7.10. The van der Waals surface area contributed by atoms with Gasteiger partial charge in [0.2, 0.25) is 5.91 Å². The molecule has 2 rings (SSSR count). The Labute approximate surface area is 188 Å². The van der Waals surface area contributed by atoms with Crippen LogP contribution in [-0.4, -0.2) is 35.4 Å².